The molecule has 11 rings (SSSR count). The number of hydrogen-bond donors (Lipinski definition) is 4. The molecule has 4 aromatic heterocycles. The largest absolute Gasteiger partial charge is 0.444 e. The molecule has 0 aliphatic carbocycles. The number of anilines is 2. The zero-order chi connectivity index (χ0) is 78.7. The topological polar surface area (TPSA) is 396 Å². The van der Waals surface area contributed by atoms with Crippen molar-refractivity contribution in [1.82, 2.24) is 68.9 Å². The summed E-state index contributed by atoms with van der Waals surface area (Å²) in [6.45, 7) is 30.0. The van der Waals surface area contributed by atoms with E-state index in [9.17, 15) is 52.7 Å². The number of piperidine rings is 5. The van der Waals surface area contributed by atoms with Crippen LogP contribution < -0.4 is 16.8 Å². The molecule has 6 N–H and O–H groups in total. The van der Waals surface area contributed by atoms with Crippen molar-refractivity contribution in [3.05, 3.63) is 91.8 Å². The summed E-state index contributed by atoms with van der Waals surface area (Å²) in [7, 11) is 0. The van der Waals surface area contributed by atoms with Crippen molar-refractivity contribution in [2.75, 3.05) is 63.8 Å². The third-order valence-corrected chi connectivity index (χ3v) is 18.3. The van der Waals surface area contributed by atoms with Gasteiger partial charge in [0, 0.05) is 94.8 Å². The number of aldehydes is 1. The van der Waals surface area contributed by atoms with Crippen molar-refractivity contribution < 1.29 is 76.8 Å². The molecular weight excluding hydrogens is 1440 g/mol. The Bertz CT molecular complexity index is 3910. The van der Waals surface area contributed by atoms with Crippen LogP contribution in [0.3, 0.4) is 0 Å². The number of benzene rings is 1. The highest BCUT2D eigenvalue weighted by molar-refractivity contribution is 6.33. The summed E-state index contributed by atoms with van der Waals surface area (Å²) in [4.78, 5) is 137. The minimum absolute atomic E-state index is 0.0880. The van der Waals surface area contributed by atoms with Gasteiger partial charge in [0.05, 0.1) is 58.6 Å². The van der Waals surface area contributed by atoms with E-state index in [0.717, 1.165) is 56.3 Å². The lowest BCUT2D eigenvalue weighted by molar-refractivity contribution is -0.136. The molecule has 1 aromatic carbocycles. The highest BCUT2D eigenvalue weighted by Crippen LogP contribution is 2.33. The minimum atomic E-state index is -0.959. The van der Waals surface area contributed by atoms with Gasteiger partial charge in [-0.25, -0.2) is 19.2 Å². The first kappa shape index (κ1) is 84.1. The van der Waals surface area contributed by atoms with Crippen LogP contribution in [-0.2, 0) is 35.1 Å². The molecule has 6 aliphatic rings. The Balaban J connectivity index is 0.000000185. The molecule has 35 heteroatoms. The lowest BCUT2D eigenvalue weighted by Gasteiger charge is -2.33. The molecule has 0 spiro atoms. The van der Waals surface area contributed by atoms with Gasteiger partial charge >= 0.3 is 24.4 Å². The average Bonchev–Trinajstić information content (AvgIpc) is 1.60. The van der Waals surface area contributed by atoms with E-state index in [-0.39, 0.29) is 112 Å². The number of rotatable bonds is 9. The van der Waals surface area contributed by atoms with Gasteiger partial charge in [0.15, 0.2) is 39.1 Å². The number of nitrogen functional groups attached to an aromatic ring is 2. The van der Waals surface area contributed by atoms with E-state index in [1.54, 1.807) is 69.2 Å². The number of hydrogen-bond acceptors (Lipinski definition) is 22. The molecule has 0 radical (unpaired) electrons. The molecule has 5 saturated heterocycles. The second-order valence-corrected chi connectivity index (χ2v) is 31.5. The highest BCUT2D eigenvalue weighted by Gasteiger charge is 2.46. The fourth-order valence-electron chi connectivity index (χ4n) is 12.1. The summed E-state index contributed by atoms with van der Waals surface area (Å²) in [5.74, 6) is -2.08. The number of nitrogens with zero attached hydrogens (tertiary/aromatic N) is 13. The normalized spacial score (nSPS) is 17.8. The zero-order valence-electron chi connectivity index (χ0n) is 62.6. The van der Waals surface area contributed by atoms with E-state index in [4.69, 9.17) is 70.3 Å². The smallest absolute Gasteiger partial charge is 0.410 e. The maximum atomic E-state index is 12.3. The van der Waals surface area contributed by atoms with Crippen molar-refractivity contribution in [3.63, 3.8) is 0 Å². The first-order chi connectivity index (χ1) is 49.4. The van der Waals surface area contributed by atoms with E-state index in [2.05, 4.69) is 25.7 Å². The molecule has 5 aromatic rings. The summed E-state index contributed by atoms with van der Waals surface area (Å²) in [5.41, 5.74) is 12.0. The van der Waals surface area contributed by atoms with Gasteiger partial charge in [-0.1, -0.05) is 40.9 Å². The molecule has 0 saturated carbocycles. The monoisotopic (exact) mass is 1540 g/mol. The second kappa shape index (κ2) is 35.5. The van der Waals surface area contributed by atoms with Crippen molar-refractivity contribution in [2.24, 2.45) is 0 Å². The van der Waals surface area contributed by atoms with Gasteiger partial charge in [-0.2, -0.15) is 20.4 Å². The number of aliphatic hydroxyl groups is 1. The van der Waals surface area contributed by atoms with Crippen LogP contribution in [-0.4, -0.2) is 215 Å². The summed E-state index contributed by atoms with van der Waals surface area (Å²) < 4.78 is 28.5. The molecule has 0 bridgehead atoms. The van der Waals surface area contributed by atoms with E-state index >= 15 is 0 Å². The van der Waals surface area contributed by atoms with Crippen LogP contribution in [0, 0.1) is 0 Å². The Morgan fingerprint density at radius 3 is 1.22 bits per heavy atom. The van der Waals surface area contributed by atoms with Crippen LogP contribution in [0.4, 0.5) is 30.7 Å². The Morgan fingerprint density at radius 2 is 0.887 bits per heavy atom. The summed E-state index contributed by atoms with van der Waals surface area (Å²) in [6.07, 6.45) is 12.8. The zero-order valence-corrected chi connectivity index (χ0v) is 64.9. The number of carbonyl (C=O) groups is 11. The lowest BCUT2D eigenvalue weighted by atomic mass is 10.0. The Kier molecular flexibility index (Phi) is 28.2. The fraction of sp³-hybridized carbons (Fsp3) is 0.592. The molecule has 6 aliphatic heterocycles. The van der Waals surface area contributed by atoms with Gasteiger partial charge < -0.3 is 55.1 Å². The van der Waals surface area contributed by atoms with Crippen LogP contribution in [0.1, 0.15) is 243 Å². The van der Waals surface area contributed by atoms with Crippen LogP contribution in [0.15, 0.2) is 43.0 Å². The van der Waals surface area contributed by atoms with Crippen molar-refractivity contribution >= 4 is 112 Å². The van der Waals surface area contributed by atoms with Crippen LogP contribution in [0.2, 0.25) is 15.5 Å². The molecule has 1 unspecified atom stereocenters. The van der Waals surface area contributed by atoms with Crippen LogP contribution in [0.5, 0.6) is 0 Å². The predicted octanol–water partition coefficient (Wildman–Crippen LogP) is 10.7. The molecule has 5 fully saturated rings. The van der Waals surface area contributed by atoms with Crippen LogP contribution >= 0.6 is 34.8 Å². The van der Waals surface area contributed by atoms with Gasteiger partial charge in [-0.05, 0) is 167 Å². The third kappa shape index (κ3) is 23.2. The Morgan fingerprint density at radius 1 is 0.519 bits per heavy atom. The number of nitrogens with one attached hydrogen (secondary N) is 1. The van der Waals surface area contributed by atoms with E-state index in [1.165, 1.54) is 26.0 Å². The molecule has 106 heavy (non-hydrogen) atoms. The molecule has 1 atom stereocenters. The first-order valence-corrected chi connectivity index (χ1v) is 36.3. The maximum absolute atomic E-state index is 12.3. The van der Waals surface area contributed by atoms with E-state index in [1.807, 2.05) is 83.1 Å². The quantitative estimate of drug-likeness (QED) is 0.0350. The summed E-state index contributed by atoms with van der Waals surface area (Å²) in [5, 5.41) is 28.9. The number of fused-ring (bicyclic) bond motifs is 1. The van der Waals surface area contributed by atoms with Gasteiger partial charge in [-0.15, -0.1) is 0 Å². The number of amides is 8. The van der Waals surface area contributed by atoms with Gasteiger partial charge in [-0.3, -0.25) is 62.5 Å². The SMILES string of the molecule is CC(=O)c1cn(C2CCN(C(=O)OC(C)(C)C)CC2)nc1Cl.CC(=O)c1cn(C2CCN(C(=O)OC(C)(C)C)CC2)nc1N.CC(C)(C)OC(=O)N1CCC(n2cc(C=O)c(Cl)n2)CC1.CC(C)(C)OC(=O)N1CCC(n2cc(CO)c(Cl)n2)CC1.Nc1cccc2c1C(=O)N(C1CCC(=O)NC1=O)C2=O. The van der Waals surface area contributed by atoms with Gasteiger partial charge in [0.1, 0.15) is 28.4 Å². The molecule has 10 heterocycles. The number of Topliss-reactive ketones (excluding diaryl/α,β-unsaturated/α-hetero) is 2. The molecule has 580 valence electrons. The average molecular weight is 1540 g/mol. The number of imide groups is 2. The molecule has 32 nitrogen and oxygen atoms in total. The lowest BCUT2D eigenvalue weighted by Crippen LogP contribution is -2.54. The van der Waals surface area contributed by atoms with Crippen molar-refractivity contribution in [2.45, 2.75) is 220 Å². The van der Waals surface area contributed by atoms with Gasteiger partial charge in [0.25, 0.3) is 11.8 Å². The molecular formula is C71H99Cl3N16O16. The number of ether oxygens (including phenoxy) is 4. The first-order valence-electron chi connectivity index (χ1n) is 35.1. The number of carbonyl (C=O) groups excluding carboxylic acids is 11. The summed E-state index contributed by atoms with van der Waals surface area (Å²) >= 11 is 17.8. The van der Waals surface area contributed by atoms with Crippen molar-refractivity contribution in [3.8, 4) is 0 Å². The van der Waals surface area contributed by atoms with E-state index in [0.29, 0.717) is 86.1 Å². The van der Waals surface area contributed by atoms with Crippen LogP contribution in [0.25, 0.3) is 0 Å². The number of nitrogens with two attached hydrogens (primary N) is 2. The standard InChI is InChI=1S/C15H22ClN3O3.C15H24N4O3.C14H22ClN3O3.C14H20ClN3O3.C13H11N3O4/c2*1-10(20)12-9-19(17-13(12)16)11-5-7-18(8-6-11)14(21)22-15(2,3)4;2*1-14(2,3)21-13(20)17-6-4-11(5-7-17)18-8-10(9-19)12(15)16-18;14-7-3-1-2-6-10(7)13(20)16(12(6)19)8-4-5-9(17)15-11(8)18/h9,11H,5-8H2,1-4H3;9,11H,5-8H2,1-4H3,(H2,16,17);8,11,19H,4-7,9H2,1-3H3;8-9,11H,4-7H2,1-3H3;1-3,8H,4-5,14H2,(H,15,17,18). The summed E-state index contributed by atoms with van der Waals surface area (Å²) in [6, 6.07) is 4.28. The Hall–Kier alpha value is -9.14. The van der Waals surface area contributed by atoms with E-state index < -0.39 is 52.1 Å². The Labute approximate surface area is 630 Å². The maximum Gasteiger partial charge on any atom is 0.410 e. The second-order valence-electron chi connectivity index (χ2n) is 30.4. The number of ketones is 2. The predicted molar refractivity (Wildman–Crippen MR) is 392 cm³/mol. The number of halogens is 3. The number of likely N-dealkylation sites (tertiary alicyclic amines) is 4. The molecule has 8 amide bonds. The number of aliphatic hydroxyl groups excluding tert-OH is 1. The van der Waals surface area contributed by atoms with Crippen molar-refractivity contribution in [1.29, 1.82) is 0 Å². The minimum Gasteiger partial charge on any atom is -0.444 e. The van der Waals surface area contributed by atoms with Gasteiger partial charge in [0.2, 0.25) is 11.8 Å². The number of aromatic nitrogens is 8. The third-order valence-electron chi connectivity index (χ3n) is 17.4. The highest BCUT2D eigenvalue weighted by atomic mass is 35.5. The fourth-order valence-corrected chi connectivity index (χ4v) is 12.8.